The molecule has 0 atom stereocenters. The van der Waals surface area contributed by atoms with Crippen LogP contribution in [0.5, 0.6) is 5.75 Å². The van der Waals surface area contributed by atoms with Gasteiger partial charge in [0.25, 0.3) is 5.91 Å². The Kier molecular flexibility index (Phi) is 3.73. The molecule has 0 unspecified atom stereocenters. The Morgan fingerprint density at radius 3 is 2.84 bits per heavy atom. The number of fused-ring (bicyclic) bond motifs is 1. The fourth-order valence-electron chi connectivity index (χ4n) is 2.62. The number of amides is 1. The summed E-state index contributed by atoms with van der Waals surface area (Å²) < 4.78 is 9.69. The average Bonchev–Trinajstić information content (AvgIpc) is 3.32. The van der Waals surface area contributed by atoms with Crippen molar-refractivity contribution in [1.29, 1.82) is 0 Å². The number of rotatable bonds is 4. The molecule has 0 radical (unpaired) electrons. The van der Waals surface area contributed by atoms with E-state index < -0.39 is 0 Å². The van der Waals surface area contributed by atoms with Gasteiger partial charge in [0.15, 0.2) is 5.13 Å². The van der Waals surface area contributed by atoms with Crippen LogP contribution in [0, 0.1) is 0 Å². The van der Waals surface area contributed by atoms with E-state index in [2.05, 4.69) is 15.4 Å². The molecule has 0 aliphatic carbocycles. The van der Waals surface area contributed by atoms with Gasteiger partial charge in [-0.05, 0) is 30.3 Å². The number of thiazole rings is 1. The zero-order chi connectivity index (χ0) is 17.4. The number of ether oxygens (including phenoxy) is 1. The van der Waals surface area contributed by atoms with Gasteiger partial charge >= 0.3 is 0 Å². The minimum Gasteiger partial charge on any atom is -0.497 e. The van der Waals surface area contributed by atoms with Crippen molar-refractivity contribution < 1.29 is 9.53 Å². The van der Waals surface area contributed by atoms with Crippen molar-refractivity contribution in [2.24, 2.45) is 7.05 Å². The monoisotopic (exact) mass is 353 g/mol. The molecular formula is C17H15N5O2S. The lowest BCUT2D eigenvalue weighted by atomic mass is 10.3. The van der Waals surface area contributed by atoms with Gasteiger partial charge in [-0.15, -0.1) is 0 Å². The second-order valence-electron chi connectivity index (χ2n) is 5.40. The summed E-state index contributed by atoms with van der Waals surface area (Å²) in [5, 5.41) is 7.60. The standard InChI is InChI=1S/C17H15N5O2S/c1-21-16(22-7-3-4-8-22)12(10-18-21)15(23)20-17-19-13-6-5-11(24-2)9-14(13)25-17/h3-10H,1-2H3,(H,19,20,23). The molecule has 0 fully saturated rings. The van der Waals surface area contributed by atoms with Gasteiger partial charge in [0.1, 0.15) is 17.1 Å². The third-order valence-electron chi connectivity index (χ3n) is 3.82. The largest absolute Gasteiger partial charge is 0.497 e. The summed E-state index contributed by atoms with van der Waals surface area (Å²) in [6, 6.07) is 9.41. The maximum Gasteiger partial charge on any atom is 0.262 e. The minimum absolute atomic E-state index is 0.247. The van der Waals surface area contributed by atoms with Crippen LogP contribution in [0.25, 0.3) is 16.0 Å². The summed E-state index contributed by atoms with van der Waals surface area (Å²) in [6.45, 7) is 0. The van der Waals surface area contributed by atoms with E-state index in [1.165, 1.54) is 11.3 Å². The molecule has 0 aliphatic heterocycles. The van der Waals surface area contributed by atoms with Crippen molar-refractivity contribution in [1.82, 2.24) is 19.3 Å². The van der Waals surface area contributed by atoms with Gasteiger partial charge in [0, 0.05) is 19.4 Å². The number of aryl methyl sites for hydroxylation is 1. The summed E-state index contributed by atoms with van der Waals surface area (Å²) >= 11 is 1.40. The van der Waals surface area contributed by atoms with Crippen LogP contribution in [0.2, 0.25) is 0 Å². The quantitative estimate of drug-likeness (QED) is 0.612. The molecule has 1 amide bonds. The number of carbonyl (C=O) groups excluding carboxylic acids is 1. The van der Waals surface area contributed by atoms with Gasteiger partial charge in [-0.3, -0.25) is 14.8 Å². The predicted octanol–water partition coefficient (Wildman–Crippen LogP) is 3.08. The van der Waals surface area contributed by atoms with E-state index in [4.69, 9.17) is 4.74 Å². The molecule has 0 spiro atoms. The molecular weight excluding hydrogens is 338 g/mol. The minimum atomic E-state index is -0.247. The fourth-order valence-corrected chi connectivity index (χ4v) is 3.51. The molecule has 0 saturated carbocycles. The summed E-state index contributed by atoms with van der Waals surface area (Å²) in [7, 11) is 3.42. The molecule has 4 rings (SSSR count). The number of anilines is 1. The maximum atomic E-state index is 12.7. The van der Waals surface area contributed by atoms with Crippen LogP contribution < -0.4 is 10.1 Å². The lowest BCUT2D eigenvalue weighted by Gasteiger charge is -2.06. The Labute approximate surface area is 147 Å². The molecule has 3 heterocycles. The summed E-state index contributed by atoms with van der Waals surface area (Å²) in [5.74, 6) is 1.21. The molecule has 0 aliphatic rings. The number of hydrogen-bond donors (Lipinski definition) is 1. The van der Waals surface area contributed by atoms with Crippen molar-refractivity contribution in [3.8, 4) is 11.6 Å². The van der Waals surface area contributed by atoms with Gasteiger partial charge < -0.3 is 9.30 Å². The van der Waals surface area contributed by atoms with E-state index in [1.54, 1.807) is 25.0 Å². The van der Waals surface area contributed by atoms with Crippen molar-refractivity contribution in [2.75, 3.05) is 12.4 Å². The van der Waals surface area contributed by atoms with Crippen molar-refractivity contribution >= 4 is 32.6 Å². The Morgan fingerprint density at radius 1 is 1.28 bits per heavy atom. The highest BCUT2D eigenvalue weighted by atomic mass is 32.1. The van der Waals surface area contributed by atoms with Crippen LogP contribution in [-0.2, 0) is 7.05 Å². The van der Waals surface area contributed by atoms with Crippen LogP contribution in [0.3, 0.4) is 0 Å². The number of nitrogens with zero attached hydrogens (tertiary/aromatic N) is 4. The normalized spacial score (nSPS) is 11.0. The van der Waals surface area contributed by atoms with E-state index >= 15 is 0 Å². The molecule has 3 aromatic heterocycles. The first kappa shape index (κ1) is 15.4. The highest BCUT2D eigenvalue weighted by molar-refractivity contribution is 7.22. The molecule has 0 bridgehead atoms. The van der Waals surface area contributed by atoms with E-state index in [0.29, 0.717) is 16.5 Å². The van der Waals surface area contributed by atoms with Crippen LogP contribution in [0.4, 0.5) is 5.13 Å². The predicted molar refractivity (Wildman–Crippen MR) is 96.7 cm³/mol. The number of aromatic nitrogens is 4. The smallest absolute Gasteiger partial charge is 0.262 e. The second-order valence-corrected chi connectivity index (χ2v) is 6.43. The summed E-state index contributed by atoms with van der Waals surface area (Å²) in [6.07, 6.45) is 5.30. The number of benzene rings is 1. The Morgan fingerprint density at radius 2 is 2.08 bits per heavy atom. The zero-order valence-electron chi connectivity index (χ0n) is 13.6. The third-order valence-corrected chi connectivity index (χ3v) is 4.75. The number of carbonyl (C=O) groups is 1. The fraction of sp³-hybridized carbons (Fsp3) is 0.118. The van der Waals surface area contributed by atoms with Crippen LogP contribution >= 0.6 is 11.3 Å². The van der Waals surface area contributed by atoms with Gasteiger partial charge in [-0.25, -0.2) is 4.98 Å². The summed E-state index contributed by atoms with van der Waals surface area (Å²) in [4.78, 5) is 17.2. The lowest BCUT2D eigenvalue weighted by Crippen LogP contribution is -2.14. The topological polar surface area (TPSA) is 74.0 Å². The first-order valence-electron chi connectivity index (χ1n) is 7.57. The number of methoxy groups -OCH3 is 1. The van der Waals surface area contributed by atoms with Crippen molar-refractivity contribution in [3.05, 3.63) is 54.5 Å². The molecule has 0 saturated heterocycles. The highest BCUT2D eigenvalue weighted by Crippen LogP contribution is 2.29. The Bertz CT molecular complexity index is 1050. The van der Waals surface area contributed by atoms with Crippen LogP contribution in [0.15, 0.2) is 48.9 Å². The van der Waals surface area contributed by atoms with Gasteiger partial charge in [0.2, 0.25) is 0 Å². The Balaban J connectivity index is 1.65. The molecule has 1 N–H and O–H groups in total. The molecule has 7 nitrogen and oxygen atoms in total. The molecule has 8 heteroatoms. The first-order valence-corrected chi connectivity index (χ1v) is 8.38. The van der Waals surface area contributed by atoms with Gasteiger partial charge in [0.05, 0.1) is 23.5 Å². The SMILES string of the molecule is COc1ccc2nc(NC(=O)c3cnn(C)c3-n3cccc3)sc2c1. The molecule has 126 valence electrons. The second kappa shape index (κ2) is 6.06. The zero-order valence-corrected chi connectivity index (χ0v) is 14.4. The van der Waals surface area contributed by atoms with E-state index in [0.717, 1.165) is 16.0 Å². The average molecular weight is 353 g/mol. The maximum absolute atomic E-state index is 12.7. The molecule has 4 aromatic rings. The highest BCUT2D eigenvalue weighted by Gasteiger charge is 2.18. The third kappa shape index (κ3) is 2.76. The number of hydrogen-bond acceptors (Lipinski definition) is 5. The van der Waals surface area contributed by atoms with E-state index in [1.807, 2.05) is 47.3 Å². The molecule has 1 aromatic carbocycles. The molecule has 25 heavy (non-hydrogen) atoms. The first-order chi connectivity index (χ1) is 12.2. The van der Waals surface area contributed by atoms with Crippen molar-refractivity contribution in [3.63, 3.8) is 0 Å². The lowest BCUT2D eigenvalue weighted by molar-refractivity contribution is 0.102. The van der Waals surface area contributed by atoms with Crippen LogP contribution in [0.1, 0.15) is 10.4 Å². The van der Waals surface area contributed by atoms with E-state index in [-0.39, 0.29) is 5.91 Å². The van der Waals surface area contributed by atoms with Crippen LogP contribution in [-0.4, -0.2) is 32.3 Å². The van der Waals surface area contributed by atoms with Crippen molar-refractivity contribution in [2.45, 2.75) is 0 Å². The number of nitrogens with one attached hydrogen (secondary N) is 1. The Hall–Kier alpha value is -3.13. The van der Waals surface area contributed by atoms with E-state index in [9.17, 15) is 4.79 Å². The van der Waals surface area contributed by atoms with Gasteiger partial charge in [-0.2, -0.15) is 5.10 Å². The summed E-state index contributed by atoms with van der Waals surface area (Å²) in [5.41, 5.74) is 1.30. The van der Waals surface area contributed by atoms with Gasteiger partial charge in [-0.1, -0.05) is 11.3 Å².